The van der Waals surface area contributed by atoms with Crippen LogP contribution in [-0.4, -0.2) is 36.0 Å². The molecule has 18 heavy (non-hydrogen) atoms. The van der Waals surface area contributed by atoms with E-state index < -0.39 is 0 Å². The molecular formula is C13H16BrClN2O. The number of benzene rings is 1. The minimum absolute atomic E-state index is 0.0347. The third-order valence-electron chi connectivity index (χ3n) is 3.03. The lowest BCUT2D eigenvalue weighted by Crippen LogP contribution is -2.58. The van der Waals surface area contributed by atoms with Crippen LogP contribution in [0.3, 0.4) is 0 Å². The second-order valence-corrected chi connectivity index (χ2v) is 6.43. The molecule has 1 aromatic rings. The highest BCUT2D eigenvalue weighted by Crippen LogP contribution is 2.24. The van der Waals surface area contributed by atoms with Crippen molar-refractivity contribution in [2.24, 2.45) is 0 Å². The van der Waals surface area contributed by atoms with Gasteiger partial charge in [0.2, 0.25) is 0 Å². The van der Waals surface area contributed by atoms with Gasteiger partial charge in [-0.3, -0.25) is 4.79 Å². The average Bonchev–Trinajstić information content (AvgIpc) is 2.30. The number of piperazine rings is 1. The largest absolute Gasteiger partial charge is 0.336 e. The summed E-state index contributed by atoms with van der Waals surface area (Å²) in [6, 6.07) is 5.32. The SMILES string of the molecule is CC1(C)CN(C(=O)c2ccc(Br)c(Cl)c2)CCN1. The lowest BCUT2D eigenvalue weighted by molar-refractivity contribution is 0.0652. The first-order valence-electron chi connectivity index (χ1n) is 5.88. The monoisotopic (exact) mass is 330 g/mol. The molecule has 1 amide bonds. The van der Waals surface area contributed by atoms with E-state index in [-0.39, 0.29) is 11.4 Å². The van der Waals surface area contributed by atoms with Crippen molar-refractivity contribution in [1.82, 2.24) is 10.2 Å². The standard InChI is InChI=1S/C13H16BrClN2O/c1-13(2)8-17(6-5-16-13)12(18)9-3-4-10(14)11(15)7-9/h3-4,7,16H,5-6,8H2,1-2H3. The van der Waals surface area contributed by atoms with Crippen molar-refractivity contribution in [3.8, 4) is 0 Å². The van der Waals surface area contributed by atoms with Crippen molar-refractivity contribution in [3.63, 3.8) is 0 Å². The summed E-state index contributed by atoms with van der Waals surface area (Å²) >= 11 is 9.35. The van der Waals surface area contributed by atoms with E-state index in [2.05, 4.69) is 35.1 Å². The highest BCUT2D eigenvalue weighted by Gasteiger charge is 2.29. The molecule has 0 radical (unpaired) electrons. The Bertz CT molecular complexity index is 476. The summed E-state index contributed by atoms with van der Waals surface area (Å²) in [5, 5.41) is 3.95. The molecule has 1 saturated heterocycles. The van der Waals surface area contributed by atoms with Crippen LogP contribution < -0.4 is 5.32 Å². The van der Waals surface area contributed by atoms with E-state index in [0.29, 0.717) is 17.1 Å². The molecule has 0 spiro atoms. The second kappa shape index (κ2) is 5.19. The number of hydrogen-bond acceptors (Lipinski definition) is 2. The van der Waals surface area contributed by atoms with Gasteiger partial charge in [0.1, 0.15) is 0 Å². The van der Waals surface area contributed by atoms with E-state index in [1.165, 1.54) is 0 Å². The Hall–Kier alpha value is -0.580. The number of amides is 1. The molecular weight excluding hydrogens is 316 g/mol. The molecule has 3 nitrogen and oxygen atoms in total. The van der Waals surface area contributed by atoms with E-state index in [9.17, 15) is 4.79 Å². The summed E-state index contributed by atoms with van der Waals surface area (Å²) < 4.78 is 0.807. The molecule has 1 fully saturated rings. The molecule has 0 atom stereocenters. The van der Waals surface area contributed by atoms with Crippen LogP contribution in [0.5, 0.6) is 0 Å². The van der Waals surface area contributed by atoms with Crippen LogP contribution in [0, 0.1) is 0 Å². The van der Waals surface area contributed by atoms with Crippen molar-refractivity contribution < 1.29 is 4.79 Å². The first-order valence-corrected chi connectivity index (χ1v) is 7.05. The van der Waals surface area contributed by atoms with Crippen LogP contribution in [0.1, 0.15) is 24.2 Å². The van der Waals surface area contributed by atoms with Gasteiger partial charge in [-0.25, -0.2) is 0 Å². The van der Waals surface area contributed by atoms with Crippen LogP contribution in [0.15, 0.2) is 22.7 Å². The summed E-state index contributed by atoms with van der Waals surface area (Å²) in [5.41, 5.74) is 0.605. The Morgan fingerprint density at radius 1 is 1.50 bits per heavy atom. The van der Waals surface area contributed by atoms with E-state index in [4.69, 9.17) is 11.6 Å². The molecule has 2 rings (SSSR count). The third-order valence-corrected chi connectivity index (χ3v) is 4.26. The summed E-state index contributed by atoms with van der Waals surface area (Å²) in [6.07, 6.45) is 0. The van der Waals surface area contributed by atoms with Gasteiger partial charge in [-0.2, -0.15) is 0 Å². The maximum absolute atomic E-state index is 12.4. The van der Waals surface area contributed by atoms with E-state index >= 15 is 0 Å². The number of carbonyl (C=O) groups is 1. The van der Waals surface area contributed by atoms with Gasteiger partial charge < -0.3 is 10.2 Å². The highest BCUT2D eigenvalue weighted by atomic mass is 79.9. The van der Waals surface area contributed by atoms with Gasteiger partial charge in [0, 0.05) is 35.2 Å². The smallest absolute Gasteiger partial charge is 0.254 e. The maximum Gasteiger partial charge on any atom is 0.254 e. The first-order chi connectivity index (χ1) is 8.39. The second-order valence-electron chi connectivity index (χ2n) is 5.17. The molecule has 98 valence electrons. The number of carbonyl (C=O) groups excluding carboxylic acids is 1. The fourth-order valence-electron chi connectivity index (χ4n) is 2.13. The lowest BCUT2D eigenvalue weighted by Gasteiger charge is -2.39. The normalized spacial score (nSPS) is 18.8. The zero-order valence-corrected chi connectivity index (χ0v) is 12.8. The summed E-state index contributed by atoms with van der Waals surface area (Å²) in [6.45, 7) is 6.46. The van der Waals surface area contributed by atoms with Gasteiger partial charge in [-0.15, -0.1) is 0 Å². The number of hydrogen-bond donors (Lipinski definition) is 1. The fourth-order valence-corrected chi connectivity index (χ4v) is 2.55. The lowest BCUT2D eigenvalue weighted by atomic mass is 10.0. The number of nitrogens with one attached hydrogen (secondary N) is 1. The number of nitrogens with zero attached hydrogens (tertiary/aromatic N) is 1. The van der Waals surface area contributed by atoms with Crippen LogP contribution in [-0.2, 0) is 0 Å². The highest BCUT2D eigenvalue weighted by molar-refractivity contribution is 9.10. The topological polar surface area (TPSA) is 32.3 Å². The van der Waals surface area contributed by atoms with E-state index in [1.807, 2.05) is 11.0 Å². The predicted molar refractivity (Wildman–Crippen MR) is 77.1 cm³/mol. The molecule has 1 N–H and O–H groups in total. The third kappa shape index (κ3) is 3.05. The quantitative estimate of drug-likeness (QED) is 0.858. The molecule has 1 heterocycles. The zero-order valence-electron chi connectivity index (χ0n) is 10.5. The van der Waals surface area contributed by atoms with Crippen molar-refractivity contribution in [3.05, 3.63) is 33.3 Å². The Morgan fingerprint density at radius 3 is 2.83 bits per heavy atom. The van der Waals surface area contributed by atoms with Crippen molar-refractivity contribution >= 4 is 33.4 Å². The van der Waals surface area contributed by atoms with Crippen molar-refractivity contribution in [2.75, 3.05) is 19.6 Å². The maximum atomic E-state index is 12.4. The summed E-state index contributed by atoms with van der Waals surface area (Å²) in [4.78, 5) is 14.2. The van der Waals surface area contributed by atoms with Crippen LogP contribution in [0.25, 0.3) is 0 Å². The molecule has 0 aliphatic carbocycles. The summed E-state index contributed by atoms with van der Waals surface area (Å²) in [7, 11) is 0. The molecule has 0 bridgehead atoms. The summed E-state index contributed by atoms with van der Waals surface area (Å²) in [5.74, 6) is 0.0407. The van der Waals surface area contributed by atoms with E-state index in [0.717, 1.165) is 17.6 Å². The molecule has 1 aliphatic rings. The molecule has 0 aromatic heterocycles. The minimum Gasteiger partial charge on any atom is -0.336 e. The molecule has 1 aliphatic heterocycles. The molecule has 1 aromatic carbocycles. The molecule has 5 heteroatoms. The van der Waals surface area contributed by atoms with Gasteiger partial charge in [0.15, 0.2) is 0 Å². The minimum atomic E-state index is -0.0347. The van der Waals surface area contributed by atoms with Crippen molar-refractivity contribution in [1.29, 1.82) is 0 Å². The zero-order chi connectivity index (χ0) is 13.3. The molecule has 0 saturated carbocycles. The number of halogens is 2. The van der Waals surface area contributed by atoms with Gasteiger partial charge in [-0.1, -0.05) is 11.6 Å². The van der Waals surface area contributed by atoms with Gasteiger partial charge >= 0.3 is 0 Å². The first kappa shape index (κ1) is 13.8. The Kier molecular flexibility index (Phi) is 3.99. The fraction of sp³-hybridized carbons (Fsp3) is 0.462. The van der Waals surface area contributed by atoms with Crippen molar-refractivity contribution in [2.45, 2.75) is 19.4 Å². The van der Waals surface area contributed by atoms with Gasteiger partial charge in [0.25, 0.3) is 5.91 Å². The van der Waals surface area contributed by atoms with E-state index in [1.54, 1.807) is 12.1 Å². The Morgan fingerprint density at radius 2 is 2.22 bits per heavy atom. The van der Waals surface area contributed by atoms with Crippen LogP contribution >= 0.6 is 27.5 Å². The van der Waals surface area contributed by atoms with Gasteiger partial charge in [-0.05, 0) is 48.0 Å². The Balaban J connectivity index is 2.18. The van der Waals surface area contributed by atoms with Gasteiger partial charge in [0.05, 0.1) is 5.02 Å². The van der Waals surface area contributed by atoms with Crippen LogP contribution in [0.4, 0.5) is 0 Å². The number of rotatable bonds is 1. The Labute approximate surface area is 121 Å². The molecule has 0 unspecified atom stereocenters. The average molecular weight is 332 g/mol. The van der Waals surface area contributed by atoms with Crippen LogP contribution in [0.2, 0.25) is 5.02 Å². The predicted octanol–water partition coefficient (Wildman–Crippen LogP) is 2.93.